The van der Waals surface area contributed by atoms with Crippen molar-refractivity contribution < 1.29 is 9.53 Å². The summed E-state index contributed by atoms with van der Waals surface area (Å²) >= 11 is 1.46. The summed E-state index contributed by atoms with van der Waals surface area (Å²) in [5, 5.41) is 5.62. The lowest BCUT2D eigenvalue weighted by molar-refractivity contribution is 0.0935. The third-order valence-electron chi connectivity index (χ3n) is 3.24. The number of carbonyl (C=O) groups is 1. The average molecular weight is 333 g/mol. The fourth-order valence-electron chi connectivity index (χ4n) is 2.11. The highest BCUT2D eigenvalue weighted by atomic mass is 32.1. The van der Waals surface area contributed by atoms with Gasteiger partial charge in [-0.15, -0.1) is 11.3 Å². The summed E-state index contributed by atoms with van der Waals surface area (Å²) in [5.41, 5.74) is 6.97. The fourth-order valence-corrected chi connectivity index (χ4v) is 2.91. The quantitative estimate of drug-likeness (QED) is 0.817. The maximum atomic E-state index is 12.2. The zero-order valence-electron chi connectivity index (χ0n) is 13.7. The van der Waals surface area contributed by atoms with Gasteiger partial charge in [0.15, 0.2) is 0 Å². The summed E-state index contributed by atoms with van der Waals surface area (Å²) in [4.78, 5) is 16.5. The Kier molecular flexibility index (Phi) is 6.12. The number of nitrogens with zero attached hydrogens (tertiary/aromatic N) is 1. The van der Waals surface area contributed by atoms with Crippen molar-refractivity contribution in [3.8, 4) is 5.75 Å². The number of carbonyl (C=O) groups excluding carboxylic acids is 1. The van der Waals surface area contributed by atoms with Gasteiger partial charge in [-0.3, -0.25) is 4.79 Å². The van der Waals surface area contributed by atoms with Crippen LogP contribution in [0.4, 0.5) is 0 Å². The normalized spacial score (nSPS) is 12.2. The third kappa shape index (κ3) is 5.04. The van der Waals surface area contributed by atoms with Gasteiger partial charge in [0.1, 0.15) is 11.4 Å². The number of amides is 1. The van der Waals surface area contributed by atoms with E-state index >= 15 is 0 Å². The van der Waals surface area contributed by atoms with Crippen molar-refractivity contribution >= 4 is 17.2 Å². The smallest absolute Gasteiger partial charge is 0.271 e. The van der Waals surface area contributed by atoms with E-state index in [9.17, 15) is 4.79 Å². The minimum Gasteiger partial charge on any atom is -0.491 e. The lowest BCUT2D eigenvalue weighted by Crippen LogP contribution is -2.27. The number of nitrogens with one attached hydrogen (secondary N) is 1. The van der Waals surface area contributed by atoms with E-state index in [1.807, 2.05) is 45.0 Å². The number of ether oxygens (including phenoxy) is 1. The summed E-state index contributed by atoms with van der Waals surface area (Å²) in [7, 11) is 0. The molecule has 0 fully saturated rings. The second-order valence-electron chi connectivity index (χ2n) is 5.60. The van der Waals surface area contributed by atoms with E-state index in [0.29, 0.717) is 18.7 Å². The molecule has 0 radical (unpaired) electrons. The van der Waals surface area contributed by atoms with Crippen LogP contribution in [0.25, 0.3) is 0 Å². The lowest BCUT2D eigenvalue weighted by atomic mass is 10.1. The molecule has 1 atom stereocenters. The van der Waals surface area contributed by atoms with E-state index in [4.69, 9.17) is 10.5 Å². The third-order valence-corrected chi connectivity index (χ3v) is 4.15. The number of hydrogen-bond donors (Lipinski definition) is 2. The van der Waals surface area contributed by atoms with Crippen LogP contribution in [-0.4, -0.2) is 23.5 Å². The van der Waals surface area contributed by atoms with E-state index in [-0.39, 0.29) is 18.1 Å². The number of hydrogen-bond acceptors (Lipinski definition) is 5. The molecule has 0 aliphatic carbocycles. The molecule has 6 heteroatoms. The van der Waals surface area contributed by atoms with Crippen LogP contribution in [0.1, 0.15) is 47.9 Å². The fraction of sp³-hybridized carbons (Fsp3) is 0.412. The Morgan fingerprint density at radius 3 is 2.61 bits per heavy atom. The Morgan fingerprint density at radius 1 is 1.30 bits per heavy atom. The Morgan fingerprint density at radius 2 is 2.00 bits per heavy atom. The molecular formula is C17H23N3O2S. The van der Waals surface area contributed by atoms with Crippen molar-refractivity contribution in [3.05, 3.63) is 45.9 Å². The maximum absolute atomic E-state index is 12.2. The van der Waals surface area contributed by atoms with Gasteiger partial charge in [0.2, 0.25) is 0 Å². The molecule has 3 N–H and O–H groups in total. The molecule has 1 heterocycles. The van der Waals surface area contributed by atoms with Crippen LogP contribution in [0, 0.1) is 0 Å². The summed E-state index contributed by atoms with van der Waals surface area (Å²) in [6.07, 6.45) is 0.843. The topological polar surface area (TPSA) is 77.2 Å². The van der Waals surface area contributed by atoms with E-state index in [1.165, 1.54) is 11.3 Å². The highest BCUT2D eigenvalue weighted by Crippen LogP contribution is 2.19. The van der Waals surface area contributed by atoms with Gasteiger partial charge in [0.05, 0.1) is 17.2 Å². The van der Waals surface area contributed by atoms with Crippen LogP contribution < -0.4 is 15.8 Å². The van der Waals surface area contributed by atoms with E-state index in [0.717, 1.165) is 16.3 Å². The van der Waals surface area contributed by atoms with Crippen molar-refractivity contribution in [2.24, 2.45) is 5.73 Å². The van der Waals surface area contributed by atoms with Crippen LogP contribution in [-0.2, 0) is 6.42 Å². The summed E-state index contributed by atoms with van der Waals surface area (Å²) < 4.78 is 5.62. The van der Waals surface area contributed by atoms with Gasteiger partial charge in [-0.05, 0) is 45.0 Å². The highest BCUT2D eigenvalue weighted by molar-refractivity contribution is 7.09. The van der Waals surface area contributed by atoms with Gasteiger partial charge in [0.25, 0.3) is 5.91 Å². The molecule has 0 saturated carbocycles. The van der Waals surface area contributed by atoms with Crippen molar-refractivity contribution in [2.45, 2.75) is 39.3 Å². The van der Waals surface area contributed by atoms with E-state index in [1.54, 1.807) is 5.38 Å². The zero-order valence-corrected chi connectivity index (χ0v) is 14.5. The van der Waals surface area contributed by atoms with Crippen molar-refractivity contribution in [2.75, 3.05) is 6.54 Å². The second kappa shape index (κ2) is 8.08. The molecule has 2 rings (SSSR count). The minimum atomic E-state index is -0.167. The lowest BCUT2D eigenvalue weighted by Gasteiger charge is -2.15. The van der Waals surface area contributed by atoms with Gasteiger partial charge < -0.3 is 15.8 Å². The number of rotatable bonds is 7. The van der Waals surface area contributed by atoms with E-state index < -0.39 is 0 Å². The molecular weight excluding hydrogens is 310 g/mol. The standard InChI is InChI=1S/C17H23N3O2S/c1-11(2)22-14-6-4-13(5-7-14)12(3)19-17(21)15-10-23-16(20-15)8-9-18/h4-7,10-12H,8-9,18H2,1-3H3,(H,19,21). The predicted molar refractivity (Wildman–Crippen MR) is 93.0 cm³/mol. The van der Waals surface area contributed by atoms with Gasteiger partial charge in [-0.25, -0.2) is 4.98 Å². The van der Waals surface area contributed by atoms with Crippen LogP contribution in [0.2, 0.25) is 0 Å². The van der Waals surface area contributed by atoms with Crippen molar-refractivity contribution in [1.82, 2.24) is 10.3 Å². The minimum absolute atomic E-state index is 0.102. The van der Waals surface area contributed by atoms with Crippen LogP contribution >= 0.6 is 11.3 Å². The second-order valence-corrected chi connectivity index (χ2v) is 6.54. The molecule has 0 spiro atoms. The molecule has 0 aliphatic heterocycles. The monoisotopic (exact) mass is 333 g/mol. The molecule has 2 aromatic rings. The maximum Gasteiger partial charge on any atom is 0.271 e. The van der Waals surface area contributed by atoms with Crippen LogP contribution in [0.15, 0.2) is 29.6 Å². The predicted octanol–water partition coefficient (Wildman–Crippen LogP) is 2.92. The molecule has 1 amide bonds. The summed E-state index contributed by atoms with van der Waals surface area (Å²) in [5.74, 6) is 0.660. The number of thiazole rings is 1. The number of nitrogens with two attached hydrogens (primary N) is 1. The first-order valence-electron chi connectivity index (χ1n) is 7.71. The molecule has 124 valence electrons. The molecule has 5 nitrogen and oxygen atoms in total. The van der Waals surface area contributed by atoms with Crippen LogP contribution in [0.5, 0.6) is 5.75 Å². The van der Waals surface area contributed by atoms with Crippen LogP contribution in [0.3, 0.4) is 0 Å². The molecule has 0 aliphatic rings. The van der Waals surface area contributed by atoms with Gasteiger partial charge in [0, 0.05) is 11.8 Å². The average Bonchev–Trinajstić information content (AvgIpc) is 2.96. The first-order valence-corrected chi connectivity index (χ1v) is 8.59. The molecule has 23 heavy (non-hydrogen) atoms. The Bertz CT molecular complexity index is 638. The summed E-state index contributed by atoms with van der Waals surface area (Å²) in [6.45, 7) is 6.46. The molecule has 0 saturated heterocycles. The Hall–Kier alpha value is -1.92. The number of aromatic nitrogens is 1. The first kappa shape index (κ1) is 17.4. The number of benzene rings is 1. The molecule has 1 aromatic carbocycles. The summed E-state index contributed by atoms with van der Waals surface area (Å²) in [6, 6.07) is 7.66. The Labute approximate surface area is 140 Å². The highest BCUT2D eigenvalue weighted by Gasteiger charge is 2.14. The van der Waals surface area contributed by atoms with Gasteiger partial charge in [-0.1, -0.05) is 12.1 Å². The first-order chi connectivity index (χ1) is 11.0. The zero-order chi connectivity index (χ0) is 16.8. The van der Waals surface area contributed by atoms with E-state index in [2.05, 4.69) is 10.3 Å². The van der Waals surface area contributed by atoms with Gasteiger partial charge >= 0.3 is 0 Å². The molecule has 1 unspecified atom stereocenters. The Balaban J connectivity index is 1.97. The molecule has 1 aromatic heterocycles. The van der Waals surface area contributed by atoms with Crippen molar-refractivity contribution in [1.29, 1.82) is 0 Å². The molecule has 0 bridgehead atoms. The SMILES string of the molecule is CC(C)Oc1ccc(C(C)NC(=O)c2csc(CCN)n2)cc1. The van der Waals surface area contributed by atoms with Crippen molar-refractivity contribution in [3.63, 3.8) is 0 Å². The largest absolute Gasteiger partial charge is 0.491 e. The van der Waals surface area contributed by atoms with Gasteiger partial charge in [-0.2, -0.15) is 0 Å².